The molecule has 1 atom stereocenters. The van der Waals surface area contributed by atoms with Gasteiger partial charge in [-0.3, -0.25) is 9.78 Å². The van der Waals surface area contributed by atoms with Gasteiger partial charge in [-0.05, 0) is 37.9 Å². The van der Waals surface area contributed by atoms with Gasteiger partial charge in [-0.25, -0.2) is 0 Å². The van der Waals surface area contributed by atoms with Crippen LogP contribution in [0.5, 0.6) is 0 Å². The molecule has 2 N–H and O–H groups in total. The van der Waals surface area contributed by atoms with E-state index in [2.05, 4.69) is 15.6 Å². The van der Waals surface area contributed by atoms with Crippen LogP contribution in [0.2, 0.25) is 0 Å². The Labute approximate surface area is 126 Å². The van der Waals surface area contributed by atoms with Gasteiger partial charge < -0.3 is 10.6 Å². The van der Waals surface area contributed by atoms with Gasteiger partial charge in [0.1, 0.15) is 0 Å². The highest BCUT2D eigenvalue weighted by Gasteiger charge is 2.17. The molecule has 0 bridgehead atoms. The average Bonchev–Trinajstić information content (AvgIpc) is 2.81. The molecule has 0 radical (unpaired) electrons. The second kappa shape index (κ2) is 9.13. The number of carbonyl (C=O) groups is 1. The van der Waals surface area contributed by atoms with E-state index in [1.807, 2.05) is 19.1 Å². The molecule has 1 aliphatic heterocycles. The molecule has 4 nitrogen and oxygen atoms in total. The number of pyridine rings is 1. The van der Waals surface area contributed by atoms with Crippen LogP contribution in [0.3, 0.4) is 0 Å². The molecule has 1 unspecified atom stereocenters. The Balaban J connectivity index is 0.00000162. The molecular formula is C13H21Cl2N3O. The maximum atomic E-state index is 11.7. The Hall–Kier alpha value is -0.840. The lowest BCUT2D eigenvalue weighted by Crippen LogP contribution is -2.31. The molecule has 2 rings (SSSR count). The molecule has 1 aliphatic rings. The van der Waals surface area contributed by atoms with Crippen molar-refractivity contribution in [2.24, 2.45) is 0 Å². The number of rotatable bonds is 4. The molecule has 0 aliphatic carbocycles. The Bertz CT molecular complexity index is 395. The van der Waals surface area contributed by atoms with Crippen molar-refractivity contribution in [1.82, 2.24) is 15.6 Å². The Morgan fingerprint density at radius 2 is 2.32 bits per heavy atom. The lowest BCUT2D eigenvalue weighted by Gasteiger charge is -2.10. The first kappa shape index (κ1) is 18.2. The number of halogens is 2. The van der Waals surface area contributed by atoms with Crippen LogP contribution in [0, 0.1) is 6.92 Å². The molecule has 0 saturated carbocycles. The van der Waals surface area contributed by atoms with Gasteiger partial charge in [0, 0.05) is 18.7 Å². The lowest BCUT2D eigenvalue weighted by molar-refractivity contribution is -0.121. The first-order valence-electron chi connectivity index (χ1n) is 6.16. The molecule has 0 aromatic carbocycles. The van der Waals surface area contributed by atoms with Gasteiger partial charge in [0.2, 0.25) is 5.91 Å². The molecule has 108 valence electrons. The second-order valence-corrected chi connectivity index (χ2v) is 4.54. The molecule has 1 fully saturated rings. The second-order valence-electron chi connectivity index (χ2n) is 4.54. The van der Waals surface area contributed by atoms with Crippen LogP contribution < -0.4 is 10.6 Å². The first-order chi connectivity index (χ1) is 8.25. The number of hydrogen-bond donors (Lipinski definition) is 2. The fourth-order valence-corrected chi connectivity index (χ4v) is 2.11. The highest BCUT2D eigenvalue weighted by atomic mass is 35.5. The topological polar surface area (TPSA) is 54.0 Å². The fourth-order valence-electron chi connectivity index (χ4n) is 2.11. The normalized spacial score (nSPS) is 17.2. The molecule has 1 saturated heterocycles. The largest absolute Gasteiger partial charge is 0.350 e. The highest BCUT2D eigenvalue weighted by molar-refractivity contribution is 5.85. The predicted molar refractivity (Wildman–Crippen MR) is 81.0 cm³/mol. The van der Waals surface area contributed by atoms with E-state index < -0.39 is 0 Å². The van der Waals surface area contributed by atoms with Gasteiger partial charge in [-0.15, -0.1) is 24.8 Å². The van der Waals surface area contributed by atoms with Crippen molar-refractivity contribution < 1.29 is 4.79 Å². The van der Waals surface area contributed by atoms with Crippen molar-refractivity contribution in [2.75, 3.05) is 6.54 Å². The number of carbonyl (C=O) groups excluding carboxylic acids is 1. The monoisotopic (exact) mass is 305 g/mol. The molecule has 6 heteroatoms. The summed E-state index contributed by atoms with van der Waals surface area (Å²) in [5.74, 6) is 0.106. The van der Waals surface area contributed by atoms with E-state index in [0.29, 0.717) is 19.0 Å². The SMILES string of the molecule is Cc1cccnc1CNC(=O)CC1CCCN1.Cl.Cl. The molecule has 1 aromatic rings. The highest BCUT2D eigenvalue weighted by Crippen LogP contribution is 2.08. The lowest BCUT2D eigenvalue weighted by atomic mass is 10.1. The van der Waals surface area contributed by atoms with Gasteiger partial charge in [-0.1, -0.05) is 6.07 Å². The summed E-state index contributed by atoms with van der Waals surface area (Å²) in [4.78, 5) is 16.0. The van der Waals surface area contributed by atoms with Crippen molar-refractivity contribution in [3.8, 4) is 0 Å². The van der Waals surface area contributed by atoms with Gasteiger partial charge in [0.05, 0.1) is 12.2 Å². The summed E-state index contributed by atoms with van der Waals surface area (Å²) in [7, 11) is 0. The number of amides is 1. The van der Waals surface area contributed by atoms with Crippen LogP contribution in [-0.4, -0.2) is 23.5 Å². The predicted octanol–water partition coefficient (Wildman–Crippen LogP) is 1.99. The van der Waals surface area contributed by atoms with Crippen molar-refractivity contribution in [2.45, 2.75) is 38.8 Å². The van der Waals surface area contributed by atoms with Crippen LogP contribution in [0.15, 0.2) is 18.3 Å². The van der Waals surface area contributed by atoms with Crippen molar-refractivity contribution >= 4 is 30.7 Å². The molecular weight excluding hydrogens is 285 g/mol. The Morgan fingerprint density at radius 3 is 2.95 bits per heavy atom. The summed E-state index contributed by atoms with van der Waals surface area (Å²) in [6.45, 7) is 3.57. The van der Waals surface area contributed by atoms with Crippen LogP contribution in [0.4, 0.5) is 0 Å². The van der Waals surface area contributed by atoms with E-state index in [1.165, 1.54) is 6.42 Å². The number of nitrogens with one attached hydrogen (secondary N) is 2. The van der Waals surface area contributed by atoms with E-state index >= 15 is 0 Å². The number of aryl methyl sites for hydroxylation is 1. The van der Waals surface area contributed by atoms with Gasteiger partial charge in [-0.2, -0.15) is 0 Å². The first-order valence-corrected chi connectivity index (χ1v) is 6.16. The molecule has 0 spiro atoms. The average molecular weight is 306 g/mol. The third-order valence-corrected chi connectivity index (χ3v) is 3.17. The summed E-state index contributed by atoms with van der Waals surface area (Å²) in [5.41, 5.74) is 2.06. The Morgan fingerprint density at radius 1 is 1.53 bits per heavy atom. The molecule has 2 heterocycles. The minimum atomic E-state index is 0. The third kappa shape index (κ3) is 5.76. The van der Waals surface area contributed by atoms with Gasteiger partial charge >= 0.3 is 0 Å². The third-order valence-electron chi connectivity index (χ3n) is 3.17. The maximum Gasteiger partial charge on any atom is 0.221 e. The maximum absolute atomic E-state index is 11.7. The number of hydrogen-bond acceptors (Lipinski definition) is 3. The minimum absolute atomic E-state index is 0. The molecule has 1 aromatic heterocycles. The summed E-state index contributed by atoms with van der Waals surface area (Å²) in [6, 6.07) is 4.27. The van der Waals surface area contributed by atoms with E-state index in [0.717, 1.165) is 24.2 Å². The minimum Gasteiger partial charge on any atom is -0.350 e. The summed E-state index contributed by atoms with van der Waals surface area (Å²) in [6.07, 6.45) is 4.62. The van der Waals surface area contributed by atoms with Crippen LogP contribution in [-0.2, 0) is 11.3 Å². The zero-order chi connectivity index (χ0) is 12.1. The van der Waals surface area contributed by atoms with Crippen LogP contribution in [0.25, 0.3) is 0 Å². The summed E-state index contributed by atoms with van der Waals surface area (Å²) < 4.78 is 0. The van der Waals surface area contributed by atoms with Crippen molar-refractivity contribution in [3.63, 3.8) is 0 Å². The molecule has 19 heavy (non-hydrogen) atoms. The summed E-state index contributed by atoms with van der Waals surface area (Å²) in [5, 5.41) is 6.25. The zero-order valence-electron chi connectivity index (χ0n) is 11.0. The van der Waals surface area contributed by atoms with E-state index in [4.69, 9.17) is 0 Å². The molecule has 1 amide bonds. The summed E-state index contributed by atoms with van der Waals surface area (Å²) >= 11 is 0. The Kier molecular flexibility index (Phi) is 8.72. The van der Waals surface area contributed by atoms with E-state index in [1.54, 1.807) is 6.20 Å². The fraction of sp³-hybridized carbons (Fsp3) is 0.538. The van der Waals surface area contributed by atoms with Crippen LogP contribution >= 0.6 is 24.8 Å². The van der Waals surface area contributed by atoms with E-state index in [9.17, 15) is 4.79 Å². The van der Waals surface area contributed by atoms with Crippen LogP contribution in [0.1, 0.15) is 30.5 Å². The quantitative estimate of drug-likeness (QED) is 0.894. The van der Waals surface area contributed by atoms with Crippen molar-refractivity contribution in [3.05, 3.63) is 29.6 Å². The smallest absolute Gasteiger partial charge is 0.221 e. The van der Waals surface area contributed by atoms with Gasteiger partial charge in [0.25, 0.3) is 0 Å². The van der Waals surface area contributed by atoms with E-state index in [-0.39, 0.29) is 30.7 Å². The number of nitrogens with zero attached hydrogens (tertiary/aromatic N) is 1. The zero-order valence-corrected chi connectivity index (χ0v) is 12.6. The number of aromatic nitrogens is 1. The van der Waals surface area contributed by atoms with Crippen molar-refractivity contribution in [1.29, 1.82) is 0 Å². The standard InChI is InChI=1S/C13H19N3O.2ClH/c1-10-4-2-7-15-12(10)9-16-13(17)8-11-5-3-6-14-11;;/h2,4,7,11,14H,3,5-6,8-9H2,1H3,(H,16,17);2*1H. The van der Waals surface area contributed by atoms with Gasteiger partial charge in [0.15, 0.2) is 0 Å².